The predicted molar refractivity (Wildman–Crippen MR) is 141 cm³/mol. The largest absolute Gasteiger partial charge is 0.465 e. The number of nitrogen functional groups attached to an aromatic ring is 1. The smallest absolute Gasteiger partial charge is 0.351 e. The second-order valence-electron chi connectivity index (χ2n) is 9.36. The van der Waals surface area contributed by atoms with Crippen LogP contribution in [0.4, 0.5) is 10.2 Å². The Morgan fingerprint density at radius 1 is 1.13 bits per heavy atom. The van der Waals surface area contributed by atoms with E-state index in [1.54, 1.807) is 0 Å². The number of unbranched alkanes of at least 4 members (excludes halogenated alkanes) is 2. The van der Waals surface area contributed by atoms with Crippen LogP contribution in [-0.2, 0) is 33.2 Å². The molecule has 2 heterocycles. The first-order valence-corrected chi connectivity index (χ1v) is 15.0. The lowest BCUT2D eigenvalue weighted by atomic mass is 10.1. The van der Waals surface area contributed by atoms with Crippen molar-refractivity contribution in [1.82, 2.24) is 19.7 Å². The van der Waals surface area contributed by atoms with Gasteiger partial charge < -0.3 is 19.9 Å². The SMILES string of the molecule is CCCCOC(=O)[C@H](C)NP(=O)(CC[C@H]1O[C@@H](n2ccc(N)nc2=O)[C@H](F)C1=O)N[C@@H](C)C(=O)OCCCC. The van der Waals surface area contributed by atoms with Crippen molar-refractivity contribution in [2.45, 2.75) is 90.4 Å². The van der Waals surface area contributed by atoms with E-state index in [-0.39, 0.29) is 31.6 Å². The van der Waals surface area contributed by atoms with Gasteiger partial charge in [-0.1, -0.05) is 26.7 Å². The van der Waals surface area contributed by atoms with Crippen molar-refractivity contribution in [3.63, 3.8) is 0 Å². The lowest BCUT2D eigenvalue weighted by Crippen LogP contribution is -2.43. The molecule has 0 unspecified atom stereocenters. The summed E-state index contributed by atoms with van der Waals surface area (Å²) in [7, 11) is -3.78. The number of hydrogen-bond acceptors (Lipinski definition) is 10. The first-order chi connectivity index (χ1) is 18.4. The molecule has 1 aliphatic heterocycles. The van der Waals surface area contributed by atoms with Gasteiger partial charge in [-0.15, -0.1) is 0 Å². The van der Waals surface area contributed by atoms with Crippen molar-refractivity contribution >= 4 is 31.0 Å². The second kappa shape index (κ2) is 15.2. The minimum Gasteiger partial charge on any atom is -0.465 e. The van der Waals surface area contributed by atoms with E-state index in [4.69, 9.17) is 19.9 Å². The summed E-state index contributed by atoms with van der Waals surface area (Å²) in [5, 5.41) is 5.41. The van der Waals surface area contributed by atoms with E-state index in [1.165, 1.54) is 26.1 Å². The van der Waals surface area contributed by atoms with E-state index in [0.717, 1.165) is 17.4 Å². The zero-order valence-electron chi connectivity index (χ0n) is 22.8. The van der Waals surface area contributed by atoms with Crippen LogP contribution in [-0.4, -0.2) is 71.0 Å². The molecule has 0 aromatic carbocycles. The third-order valence-corrected chi connectivity index (χ3v) is 8.47. The number of esters is 2. The van der Waals surface area contributed by atoms with Crippen LogP contribution in [0.1, 0.15) is 66.0 Å². The van der Waals surface area contributed by atoms with Crippen LogP contribution in [0.25, 0.3) is 0 Å². The van der Waals surface area contributed by atoms with Gasteiger partial charge in [0, 0.05) is 12.4 Å². The molecular weight excluding hydrogens is 536 g/mol. The number of ketones is 1. The Morgan fingerprint density at radius 3 is 2.15 bits per heavy atom. The molecular formula is C24H39FN5O8P. The molecule has 0 amide bonds. The number of hydrogen-bond donors (Lipinski definition) is 3. The van der Waals surface area contributed by atoms with Gasteiger partial charge in [0.1, 0.15) is 24.0 Å². The standard InChI is InChI=1S/C24H39FN5O8P/c1-5-7-12-36-22(32)15(3)28-39(35,29-16(4)23(33)37-13-8-6-2)14-10-17-20(31)19(25)21(38-17)30-11-9-18(26)27-24(30)34/h9,11,15-17,19,21H,5-8,10,12-14H2,1-4H3,(H2,26,27,34)(H2,28,29,35)/t15-,16-,17+,19+,21+/m0/s1. The quantitative estimate of drug-likeness (QED) is 0.148. The molecule has 5 atom stereocenters. The van der Waals surface area contributed by atoms with Crippen molar-refractivity contribution in [2.24, 2.45) is 0 Å². The number of halogens is 1. The summed E-state index contributed by atoms with van der Waals surface area (Å²) in [6, 6.07) is -0.783. The molecule has 1 aliphatic rings. The summed E-state index contributed by atoms with van der Waals surface area (Å²) in [6.45, 7) is 7.18. The molecule has 39 heavy (non-hydrogen) atoms. The minimum absolute atomic E-state index is 0.0738. The molecule has 4 N–H and O–H groups in total. The monoisotopic (exact) mass is 575 g/mol. The zero-order chi connectivity index (χ0) is 29.2. The molecule has 15 heteroatoms. The van der Waals surface area contributed by atoms with Gasteiger partial charge in [-0.05, 0) is 39.2 Å². The van der Waals surface area contributed by atoms with Crippen LogP contribution >= 0.6 is 7.44 Å². The van der Waals surface area contributed by atoms with Gasteiger partial charge in [-0.25, -0.2) is 19.4 Å². The normalized spacial score (nSPS) is 20.9. The average Bonchev–Trinajstić information content (AvgIpc) is 3.16. The van der Waals surface area contributed by atoms with E-state index < -0.39 is 61.4 Å². The van der Waals surface area contributed by atoms with E-state index in [9.17, 15) is 28.1 Å². The molecule has 220 valence electrons. The first-order valence-electron chi connectivity index (χ1n) is 13.1. The summed E-state index contributed by atoms with van der Waals surface area (Å²) in [5.41, 5.74) is 4.57. The predicted octanol–water partition coefficient (Wildman–Crippen LogP) is 1.86. The number of anilines is 1. The third kappa shape index (κ3) is 9.48. The number of carbonyl (C=O) groups is 3. The Balaban J connectivity index is 2.15. The molecule has 0 saturated carbocycles. The molecule has 1 fully saturated rings. The van der Waals surface area contributed by atoms with Gasteiger partial charge in [-0.2, -0.15) is 4.98 Å². The van der Waals surface area contributed by atoms with Crippen LogP contribution < -0.4 is 21.6 Å². The molecule has 1 aromatic rings. The minimum atomic E-state index is -3.78. The molecule has 1 aromatic heterocycles. The lowest BCUT2D eigenvalue weighted by molar-refractivity contribution is -0.145. The van der Waals surface area contributed by atoms with E-state index in [1.807, 2.05) is 13.8 Å². The van der Waals surface area contributed by atoms with Gasteiger partial charge >= 0.3 is 17.6 Å². The summed E-state index contributed by atoms with van der Waals surface area (Å²) < 4.78 is 45.4. The maximum atomic E-state index is 14.8. The highest BCUT2D eigenvalue weighted by molar-refractivity contribution is 7.59. The Hall–Kier alpha value is -2.67. The van der Waals surface area contributed by atoms with Crippen LogP contribution in [0.15, 0.2) is 17.1 Å². The first kappa shape index (κ1) is 32.5. The summed E-state index contributed by atoms with van der Waals surface area (Å²) in [6.07, 6.45) is -1.48. The Labute approximate surface area is 226 Å². The number of ether oxygens (including phenoxy) is 3. The second-order valence-corrected chi connectivity index (χ2v) is 11.8. The van der Waals surface area contributed by atoms with Crippen LogP contribution in [0.3, 0.4) is 0 Å². The van der Waals surface area contributed by atoms with Crippen molar-refractivity contribution in [2.75, 3.05) is 25.1 Å². The molecule has 2 rings (SSSR count). The van der Waals surface area contributed by atoms with Gasteiger partial charge in [0.15, 0.2) is 12.0 Å². The van der Waals surface area contributed by atoms with E-state index in [0.29, 0.717) is 12.8 Å². The van der Waals surface area contributed by atoms with Crippen LogP contribution in [0.5, 0.6) is 0 Å². The lowest BCUT2D eigenvalue weighted by Gasteiger charge is -2.27. The Bertz CT molecular complexity index is 1070. The Morgan fingerprint density at radius 2 is 1.67 bits per heavy atom. The summed E-state index contributed by atoms with van der Waals surface area (Å²) in [5.74, 6) is -2.29. The van der Waals surface area contributed by atoms with Crippen molar-refractivity contribution in [1.29, 1.82) is 0 Å². The molecule has 1 saturated heterocycles. The number of aromatic nitrogens is 2. The number of Topliss-reactive ketones (excluding diaryl/α,β-unsaturated/α-hetero) is 1. The molecule has 0 aliphatic carbocycles. The number of nitrogens with one attached hydrogen (secondary N) is 2. The van der Waals surface area contributed by atoms with Crippen molar-refractivity contribution in [3.8, 4) is 0 Å². The molecule has 0 spiro atoms. The van der Waals surface area contributed by atoms with Crippen LogP contribution in [0, 0.1) is 0 Å². The number of rotatable bonds is 16. The third-order valence-electron chi connectivity index (χ3n) is 5.97. The van der Waals surface area contributed by atoms with Gasteiger partial charge in [0.25, 0.3) is 0 Å². The van der Waals surface area contributed by atoms with E-state index >= 15 is 0 Å². The topological polar surface area (TPSA) is 181 Å². The maximum Gasteiger partial charge on any atom is 0.351 e. The summed E-state index contributed by atoms with van der Waals surface area (Å²) in [4.78, 5) is 53.0. The highest BCUT2D eigenvalue weighted by Gasteiger charge is 2.46. The Kier molecular flexibility index (Phi) is 12.7. The fraction of sp³-hybridized carbons (Fsp3) is 0.708. The number of nitrogens with zero attached hydrogens (tertiary/aromatic N) is 2. The number of nitrogens with two attached hydrogens (primary N) is 1. The fourth-order valence-corrected chi connectivity index (χ4v) is 6.13. The fourth-order valence-electron chi connectivity index (χ4n) is 3.74. The van der Waals surface area contributed by atoms with Crippen molar-refractivity contribution < 1.29 is 37.5 Å². The highest BCUT2D eigenvalue weighted by atomic mass is 31.2. The van der Waals surface area contributed by atoms with Gasteiger partial charge in [0.05, 0.1) is 13.2 Å². The zero-order valence-corrected chi connectivity index (χ0v) is 23.7. The molecule has 13 nitrogen and oxygen atoms in total. The number of carbonyl (C=O) groups excluding carboxylic acids is 3. The van der Waals surface area contributed by atoms with Crippen molar-refractivity contribution in [3.05, 3.63) is 22.7 Å². The van der Waals surface area contributed by atoms with Crippen LogP contribution in [0.2, 0.25) is 0 Å². The van der Waals surface area contributed by atoms with Gasteiger partial charge in [-0.3, -0.25) is 23.5 Å². The van der Waals surface area contributed by atoms with E-state index in [2.05, 4.69) is 15.2 Å². The van der Waals surface area contributed by atoms with Gasteiger partial charge in [0.2, 0.25) is 13.6 Å². The number of alkyl halides is 1. The average molecular weight is 576 g/mol. The molecule has 0 bridgehead atoms. The molecule has 0 radical (unpaired) electrons. The maximum absolute atomic E-state index is 14.8. The highest BCUT2D eigenvalue weighted by Crippen LogP contribution is 2.41. The summed E-state index contributed by atoms with van der Waals surface area (Å²) >= 11 is 0.